The van der Waals surface area contributed by atoms with Gasteiger partial charge in [-0.15, -0.1) is 0 Å². The lowest BCUT2D eigenvalue weighted by molar-refractivity contribution is -0.129. The van der Waals surface area contributed by atoms with Crippen LogP contribution >= 0.6 is 0 Å². The average Bonchev–Trinajstić information content (AvgIpc) is 3.26. The van der Waals surface area contributed by atoms with Gasteiger partial charge in [-0.25, -0.2) is 4.98 Å². The Bertz CT molecular complexity index is 1310. The fourth-order valence-corrected chi connectivity index (χ4v) is 3.75. The van der Waals surface area contributed by atoms with Crippen molar-refractivity contribution in [3.05, 3.63) is 95.4 Å². The Morgan fingerprint density at radius 2 is 1.88 bits per heavy atom. The SMILES string of the molecule is CCN(Cc1cccc(NC(=O)c2ccc(OCc3cn4cccc(C)c4n3)cc2)c1)C(C)=O. The summed E-state index contributed by atoms with van der Waals surface area (Å²) in [4.78, 5) is 30.7. The van der Waals surface area contributed by atoms with Gasteiger partial charge < -0.3 is 19.4 Å². The third-order valence-corrected chi connectivity index (χ3v) is 5.62. The molecule has 34 heavy (non-hydrogen) atoms. The van der Waals surface area contributed by atoms with Gasteiger partial charge in [-0.05, 0) is 67.4 Å². The third-order valence-electron chi connectivity index (χ3n) is 5.62. The number of hydrogen-bond acceptors (Lipinski definition) is 4. The van der Waals surface area contributed by atoms with Crippen molar-refractivity contribution in [1.29, 1.82) is 0 Å². The Morgan fingerprint density at radius 3 is 2.59 bits per heavy atom. The number of imidazole rings is 1. The van der Waals surface area contributed by atoms with Crippen LogP contribution in [0.25, 0.3) is 5.65 Å². The summed E-state index contributed by atoms with van der Waals surface area (Å²) in [5.74, 6) is 0.477. The molecule has 4 rings (SSSR count). The maximum Gasteiger partial charge on any atom is 0.255 e. The van der Waals surface area contributed by atoms with Crippen LogP contribution in [0.2, 0.25) is 0 Å². The molecule has 0 atom stereocenters. The first-order valence-electron chi connectivity index (χ1n) is 11.2. The number of pyridine rings is 1. The van der Waals surface area contributed by atoms with E-state index >= 15 is 0 Å². The number of aryl methyl sites for hydroxylation is 1. The Morgan fingerprint density at radius 1 is 1.09 bits per heavy atom. The van der Waals surface area contributed by atoms with Crippen molar-refractivity contribution in [2.45, 2.75) is 33.9 Å². The van der Waals surface area contributed by atoms with Gasteiger partial charge in [0.1, 0.15) is 18.0 Å². The summed E-state index contributed by atoms with van der Waals surface area (Å²) in [6.45, 7) is 7.01. The van der Waals surface area contributed by atoms with Crippen LogP contribution < -0.4 is 10.1 Å². The highest BCUT2D eigenvalue weighted by molar-refractivity contribution is 6.04. The quantitative estimate of drug-likeness (QED) is 0.412. The fraction of sp³-hybridized carbons (Fsp3) is 0.222. The Kier molecular flexibility index (Phi) is 6.92. The molecule has 7 nitrogen and oxygen atoms in total. The van der Waals surface area contributed by atoms with Gasteiger partial charge in [-0.3, -0.25) is 9.59 Å². The molecule has 0 radical (unpaired) electrons. The number of fused-ring (bicyclic) bond motifs is 1. The molecule has 2 aromatic heterocycles. The maximum absolute atomic E-state index is 12.7. The van der Waals surface area contributed by atoms with E-state index in [1.165, 1.54) is 0 Å². The Hall–Kier alpha value is -4.13. The van der Waals surface area contributed by atoms with Gasteiger partial charge in [0.05, 0.1) is 5.69 Å². The monoisotopic (exact) mass is 456 g/mol. The van der Waals surface area contributed by atoms with E-state index in [0.717, 1.165) is 22.5 Å². The number of benzene rings is 2. The minimum Gasteiger partial charge on any atom is -0.487 e. The van der Waals surface area contributed by atoms with Gasteiger partial charge in [0, 0.05) is 43.7 Å². The smallest absolute Gasteiger partial charge is 0.255 e. The first-order valence-corrected chi connectivity index (χ1v) is 11.2. The summed E-state index contributed by atoms with van der Waals surface area (Å²) in [6, 6.07) is 18.6. The van der Waals surface area contributed by atoms with Crippen LogP contribution in [0.3, 0.4) is 0 Å². The lowest BCUT2D eigenvalue weighted by atomic mass is 10.1. The average molecular weight is 457 g/mol. The van der Waals surface area contributed by atoms with E-state index in [9.17, 15) is 9.59 Å². The van der Waals surface area contributed by atoms with Crippen molar-refractivity contribution in [3.63, 3.8) is 0 Å². The zero-order valence-corrected chi connectivity index (χ0v) is 19.6. The normalized spacial score (nSPS) is 10.8. The summed E-state index contributed by atoms with van der Waals surface area (Å²) in [5.41, 5.74) is 5.03. The lowest BCUT2D eigenvalue weighted by Gasteiger charge is -2.19. The number of carbonyl (C=O) groups is 2. The number of amides is 2. The molecule has 0 aliphatic rings. The predicted octanol–water partition coefficient (Wildman–Crippen LogP) is 4.84. The van der Waals surface area contributed by atoms with Crippen molar-refractivity contribution < 1.29 is 14.3 Å². The third kappa shape index (κ3) is 5.43. The molecule has 0 saturated carbocycles. The summed E-state index contributed by atoms with van der Waals surface area (Å²) >= 11 is 0. The number of ether oxygens (including phenoxy) is 1. The van der Waals surface area contributed by atoms with E-state index in [4.69, 9.17) is 4.74 Å². The minimum absolute atomic E-state index is 0.0237. The van der Waals surface area contributed by atoms with Crippen molar-refractivity contribution in [2.75, 3.05) is 11.9 Å². The molecule has 2 heterocycles. The molecule has 2 aromatic carbocycles. The number of anilines is 1. The highest BCUT2D eigenvalue weighted by atomic mass is 16.5. The lowest BCUT2D eigenvalue weighted by Crippen LogP contribution is -2.27. The first-order chi connectivity index (χ1) is 16.4. The molecule has 7 heteroatoms. The molecule has 0 fully saturated rings. The highest BCUT2D eigenvalue weighted by Gasteiger charge is 2.10. The predicted molar refractivity (Wildman–Crippen MR) is 132 cm³/mol. The van der Waals surface area contributed by atoms with Crippen LogP contribution in [0.4, 0.5) is 5.69 Å². The second kappa shape index (κ2) is 10.2. The molecular formula is C27H28N4O3. The van der Waals surface area contributed by atoms with E-state index in [1.54, 1.807) is 36.1 Å². The van der Waals surface area contributed by atoms with Crippen LogP contribution in [-0.4, -0.2) is 32.6 Å². The fourth-order valence-electron chi connectivity index (χ4n) is 3.75. The molecule has 2 amide bonds. The first kappa shape index (κ1) is 23.0. The molecule has 0 aliphatic carbocycles. The molecule has 0 saturated heterocycles. The van der Waals surface area contributed by atoms with Crippen LogP contribution in [0, 0.1) is 6.92 Å². The standard InChI is InChI=1S/C27H28N4O3/c1-4-30(20(3)32)16-21-8-5-9-23(15-21)29-27(33)22-10-12-25(13-11-22)34-18-24-17-31-14-6-7-19(2)26(31)28-24/h5-15,17H,4,16,18H2,1-3H3,(H,29,33). The second-order valence-corrected chi connectivity index (χ2v) is 8.16. The van der Waals surface area contributed by atoms with Crippen molar-refractivity contribution >= 4 is 23.1 Å². The van der Waals surface area contributed by atoms with Gasteiger partial charge >= 0.3 is 0 Å². The number of aromatic nitrogens is 2. The summed E-state index contributed by atoms with van der Waals surface area (Å²) < 4.78 is 7.84. The van der Waals surface area contributed by atoms with Crippen LogP contribution in [0.5, 0.6) is 5.75 Å². The van der Waals surface area contributed by atoms with E-state index in [0.29, 0.717) is 36.7 Å². The minimum atomic E-state index is -0.210. The topological polar surface area (TPSA) is 75.9 Å². The van der Waals surface area contributed by atoms with Crippen molar-refractivity contribution in [2.24, 2.45) is 0 Å². The van der Waals surface area contributed by atoms with Gasteiger partial charge in [-0.2, -0.15) is 0 Å². The molecular weight excluding hydrogens is 428 g/mol. The van der Waals surface area contributed by atoms with E-state index in [1.807, 2.05) is 67.0 Å². The number of hydrogen-bond donors (Lipinski definition) is 1. The summed E-state index contributed by atoms with van der Waals surface area (Å²) in [7, 11) is 0. The number of nitrogens with one attached hydrogen (secondary N) is 1. The van der Waals surface area contributed by atoms with Crippen LogP contribution in [0.15, 0.2) is 73.1 Å². The summed E-state index contributed by atoms with van der Waals surface area (Å²) in [6.07, 6.45) is 3.92. The van der Waals surface area contributed by atoms with Gasteiger partial charge in [0.2, 0.25) is 5.91 Å². The molecule has 174 valence electrons. The van der Waals surface area contributed by atoms with Crippen LogP contribution in [0.1, 0.15) is 41.0 Å². The van der Waals surface area contributed by atoms with Gasteiger partial charge in [0.25, 0.3) is 5.91 Å². The molecule has 4 aromatic rings. The van der Waals surface area contributed by atoms with Crippen molar-refractivity contribution in [1.82, 2.24) is 14.3 Å². The zero-order chi connectivity index (χ0) is 24.1. The van der Waals surface area contributed by atoms with Gasteiger partial charge in [-0.1, -0.05) is 18.2 Å². The van der Waals surface area contributed by atoms with Gasteiger partial charge in [0.15, 0.2) is 0 Å². The Balaban J connectivity index is 1.36. The molecule has 0 unspecified atom stereocenters. The Labute approximate surface area is 199 Å². The second-order valence-electron chi connectivity index (χ2n) is 8.16. The number of carbonyl (C=O) groups excluding carboxylic acids is 2. The largest absolute Gasteiger partial charge is 0.487 e. The zero-order valence-electron chi connectivity index (χ0n) is 19.6. The van der Waals surface area contributed by atoms with E-state index < -0.39 is 0 Å². The maximum atomic E-state index is 12.7. The molecule has 1 N–H and O–H groups in total. The number of nitrogens with zero attached hydrogens (tertiary/aromatic N) is 3. The number of rotatable bonds is 8. The summed E-state index contributed by atoms with van der Waals surface area (Å²) in [5, 5.41) is 2.92. The molecule has 0 aliphatic heterocycles. The van der Waals surface area contributed by atoms with Crippen molar-refractivity contribution in [3.8, 4) is 5.75 Å². The van der Waals surface area contributed by atoms with E-state index in [-0.39, 0.29) is 11.8 Å². The highest BCUT2D eigenvalue weighted by Crippen LogP contribution is 2.18. The molecule has 0 spiro atoms. The van der Waals surface area contributed by atoms with E-state index in [2.05, 4.69) is 10.3 Å². The van der Waals surface area contributed by atoms with Crippen LogP contribution in [-0.2, 0) is 17.9 Å². The molecule has 0 bridgehead atoms.